The predicted molar refractivity (Wildman–Crippen MR) is 61.5 cm³/mol. The van der Waals surface area contributed by atoms with E-state index in [9.17, 15) is 0 Å². The fourth-order valence-electron chi connectivity index (χ4n) is 1.87. The van der Waals surface area contributed by atoms with E-state index < -0.39 is 0 Å². The molecule has 1 atom stereocenters. The van der Waals surface area contributed by atoms with Gasteiger partial charge in [0.15, 0.2) is 0 Å². The van der Waals surface area contributed by atoms with E-state index in [1.807, 2.05) is 0 Å². The summed E-state index contributed by atoms with van der Waals surface area (Å²) in [4.78, 5) is 6.62. The van der Waals surface area contributed by atoms with E-state index in [-0.39, 0.29) is 0 Å². The van der Waals surface area contributed by atoms with Crippen molar-refractivity contribution < 1.29 is 4.74 Å². The van der Waals surface area contributed by atoms with E-state index in [4.69, 9.17) is 10.6 Å². The van der Waals surface area contributed by atoms with Crippen molar-refractivity contribution >= 4 is 5.96 Å². The molecule has 1 aliphatic rings. The number of guanidine groups is 1. The van der Waals surface area contributed by atoms with E-state index in [2.05, 4.69) is 22.2 Å². The quantitative estimate of drug-likeness (QED) is 0.234. The lowest BCUT2D eigenvalue weighted by molar-refractivity contribution is 0.206. The van der Waals surface area contributed by atoms with Crippen LogP contribution in [0, 0.1) is 0 Å². The summed E-state index contributed by atoms with van der Waals surface area (Å²) < 4.78 is 4.96. The summed E-state index contributed by atoms with van der Waals surface area (Å²) in [5.41, 5.74) is 2.68. The number of hydrazine groups is 1. The Kier molecular flexibility index (Phi) is 5.42. The standard InChI is InChI=1S/C10H22N4O/c1-9-5-3-4-7-14(9)10(13-11)12-6-8-15-2/h9H,3-8,11H2,1-2H3,(H,12,13). The van der Waals surface area contributed by atoms with Crippen molar-refractivity contribution in [2.24, 2.45) is 10.8 Å². The van der Waals surface area contributed by atoms with Crippen molar-refractivity contribution in [2.75, 3.05) is 26.8 Å². The molecule has 1 rings (SSSR count). The first kappa shape index (κ1) is 12.3. The van der Waals surface area contributed by atoms with Gasteiger partial charge < -0.3 is 9.64 Å². The predicted octanol–water partition coefficient (Wildman–Crippen LogP) is 0.327. The summed E-state index contributed by atoms with van der Waals surface area (Å²) in [7, 11) is 1.68. The molecular weight excluding hydrogens is 192 g/mol. The Morgan fingerprint density at radius 2 is 2.40 bits per heavy atom. The fraction of sp³-hybridized carbons (Fsp3) is 0.900. The van der Waals surface area contributed by atoms with Gasteiger partial charge in [-0.05, 0) is 26.2 Å². The number of likely N-dealkylation sites (tertiary alicyclic amines) is 1. The van der Waals surface area contributed by atoms with Crippen LogP contribution in [0.4, 0.5) is 0 Å². The fourth-order valence-corrected chi connectivity index (χ4v) is 1.87. The van der Waals surface area contributed by atoms with Crippen LogP contribution in [0.25, 0.3) is 0 Å². The Labute approximate surface area is 91.6 Å². The molecule has 1 fully saturated rings. The highest BCUT2D eigenvalue weighted by Gasteiger charge is 2.20. The molecule has 5 heteroatoms. The number of hydrogen-bond acceptors (Lipinski definition) is 3. The minimum atomic E-state index is 0.524. The molecular formula is C10H22N4O. The van der Waals surface area contributed by atoms with Crippen LogP contribution < -0.4 is 11.3 Å². The van der Waals surface area contributed by atoms with Crippen LogP contribution >= 0.6 is 0 Å². The van der Waals surface area contributed by atoms with Gasteiger partial charge in [-0.15, -0.1) is 0 Å². The molecule has 15 heavy (non-hydrogen) atoms. The molecule has 0 amide bonds. The van der Waals surface area contributed by atoms with Gasteiger partial charge in [-0.3, -0.25) is 5.43 Å². The second-order valence-electron chi connectivity index (χ2n) is 3.88. The number of nitrogens with one attached hydrogen (secondary N) is 1. The van der Waals surface area contributed by atoms with Gasteiger partial charge in [0, 0.05) is 19.7 Å². The van der Waals surface area contributed by atoms with Gasteiger partial charge in [0.2, 0.25) is 5.96 Å². The highest BCUT2D eigenvalue weighted by Crippen LogP contribution is 2.15. The largest absolute Gasteiger partial charge is 0.383 e. The topological polar surface area (TPSA) is 62.9 Å². The lowest BCUT2D eigenvalue weighted by Crippen LogP contribution is -2.50. The third kappa shape index (κ3) is 3.68. The SMILES string of the molecule is COCCN=C(NN)N1CCCCC1C. The Morgan fingerprint density at radius 3 is 3.00 bits per heavy atom. The zero-order valence-corrected chi connectivity index (χ0v) is 9.70. The second kappa shape index (κ2) is 6.63. The van der Waals surface area contributed by atoms with Crippen molar-refractivity contribution in [1.29, 1.82) is 0 Å². The number of ether oxygens (including phenoxy) is 1. The molecule has 5 nitrogen and oxygen atoms in total. The smallest absolute Gasteiger partial charge is 0.208 e. The van der Waals surface area contributed by atoms with Gasteiger partial charge in [0.25, 0.3) is 0 Å². The van der Waals surface area contributed by atoms with Crippen molar-refractivity contribution in [3.05, 3.63) is 0 Å². The van der Waals surface area contributed by atoms with Gasteiger partial charge >= 0.3 is 0 Å². The minimum absolute atomic E-state index is 0.524. The van der Waals surface area contributed by atoms with Crippen molar-refractivity contribution in [3.63, 3.8) is 0 Å². The molecule has 0 aromatic carbocycles. The average molecular weight is 214 g/mol. The maximum Gasteiger partial charge on any atom is 0.208 e. The van der Waals surface area contributed by atoms with Crippen molar-refractivity contribution in [2.45, 2.75) is 32.2 Å². The maximum atomic E-state index is 5.48. The summed E-state index contributed by atoms with van der Waals surface area (Å²) >= 11 is 0. The molecule has 0 aliphatic carbocycles. The summed E-state index contributed by atoms with van der Waals surface area (Å²) in [6.45, 7) is 4.53. The number of piperidine rings is 1. The van der Waals surface area contributed by atoms with Gasteiger partial charge in [0.1, 0.15) is 0 Å². The zero-order chi connectivity index (χ0) is 11.1. The van der Waals surface area contributed by atoms with Crippen LogP contribution in [0.5, 0.6) is 0 Å². The number of nitrogens with two attached hydrogens (primary N) is 1. The Hall–Kier alpha value is -0.810. The molecule has 1 unspecified atom stereocenters. The van der Waals surface area contributed by atoms with Crippen LogP contribution in [0.2, 0.25) is 0 Å². The monoisotopic (exact) mass is 214 g/mol. The maximum absolute atomic E-state index is 5.48. The Morgan fingerprint density at radius 1 is 1.60 bits per heavy atom. The van der Waals surface area contributed by atoms with Gasteiger partial charge in [0.05, 0.1) is 13.2 Å². The number of aliphatic imine (C=N–C) groups is 1. The average Bonchev–Trinajstić information content (AvgIpc) is 2.26. The normalized spacial score (nSPS) is 23.0. The van der Waals surface area contributed by atoms with Crippen molar-refractivity contribution in [1.82, 2.24) is 10.3 Å². The van der Waals surface area contributed by atoms with Crippen LogP contribution in [-0.4, -0.2) is 43.7 Å². The lowest BCUT2D eigenvalue weighted by atomic mass is 10.0. The van der Waals surface area contributed by atoms with Crippen molar-refractivity contribution in [3.8, 4) is 0 Å². The Balaban J connectivity index is 2.51. The van der Waals surface area contributed by atoms with Gasteiger partial charge in [-0.25, -0.2) is 10.8 Å². The number of nitrogens with zero attached hydrogens (tertiary/aromatic N) is 2. The second-order valence-corrected chi connectivity index (χ2v) is 3.88. The van der Waals surface area contributed by atoms with E-state index in [0.29, 0.717) is 19.2 Å². The first-order valence-corrected chi connectivity index (χ1v) is 5.56. The summed E-state index contributed by atoms with van der Waals surface area (Å²) in [5, 5.41) is 0. The first-order valence-electron chi connectivity index (χ1n) is 5.56. The van der Waals surface area contributed by atoms with Crippen LogP contribution in [-0.2, 0) is 4.74 Å². The van der Waals surface area contributed by atoms with Gasteiger partial charge in [-0.1, -0.05) is 0 Å². The summed E-state index contributed by atoms with van der Waals surface area (Å²) in [6.07, 6.45) is 3.73. The molecule has 0 bridgehead atoms. The molecule has 1 saturated heterocycles. The van der Waals surface area contributed by atoms with E-state index in [1.54, 1.807) is 7.11 Å². The highest BCUT2D eigenvalue weighted by atomic mass is 16.5. The molecule has 0 saturated carbocycles. The third-order valence-electron chi connectivity index (χ3n) is 2.76. The highest BCUT2D eigenvalue weighted by molar-refractivity contribution is 5.79. The number of rotatable bonds is 3. The van der Waals surface area contributed by atoms with E-state index in [1.165, 1.54) is 19.3 Å². The van der Waals surface area contributed by atoms with E-state index in [0.717, 1.165) is 12.5 Å². The molecule has 0 aromatic heterocycles. The molecule has 3 N–H and O–H groups in total. The number of hydrogen-bond donors (Lipinski definition) is 2. The Bertz CT molecular complexity index is 208. The lowest BCUT2D eigenvalue weighted by Gasteiger charge is -2.35. The third-order valence-corrected chi connectivity index (χ3v) is 2.76. The summed E-state index contributed by atoms with van der Waals surface area (Å²) in [6, 6.07) is 0.524. The zero-order valence-electron chi connectivity index (χ0n) is 9.70. The molecule has 1 heterocycles. The molecule has 1 aliphatic heterocycles. The van der Waals surface area contributed by atoms with Crippen LogP contribution in [0.1, 0.15) is 26.2 Å². The van der Waals surface area contributed by atoms with E-state index >= 15 is 0 Å². The van der Waals surface area contributed by atoms with Gasteiger partial charge in [-0.2, -0.15) is 0 Å². The van der Waals surface area contributed by atoms with Crippen LogP contribution in [0.3, 0.4) is 0 Å². The molecule has 0 aromatic rings. The number of methoxy groups -OCH3 is 1. The van der Waals surface area contributed by atoms with Crippen LogP contribution in [0.15, 0.2) is 4.99 Å². The first-order chi connectivity index (χ1) is 7.29. The summed E-state index contributed by atoms with van der Waals surface area (Å²) in [5.74, 6) is 6.28. The molecule has 0 radical (unpaired) electrons. The molecule has 88 valence electrons. The minimum Gasteiger partial charge on any atom is -0.383 e. The molecule has 0 spiro atoms.